The summed E-state index contributed by atoms with van der Waals surface area (Å²) in [5.41, 5.74) is 9.05. The molecule has 1 unspecified atom stereocenters. The first-order valence-electron chi connectivity index (χ1n) is 7.49. The maximum absolute atomic E-state index is 11.9. The highest BCUT2D eigenvalue weighted by molar-refractivity contribution is 6.30. The van der Waals surface area contributed by atoms with Crippen molar-refractivity contribution in [3.05, 3.63) is 59.1 Å². The number of nitrogens with one attached hydrogen (secondary N) is 1. The van der Waals surface area contributed by atoms with E-state index >= 15 is 0 Å². The van der Waals surface area contributed by atoms with E-state index in [0.717, 1.165) is 23.1 Å². The van der Waals surface area contributed by atoms with Crippen molar-refractivity contribution in [1.29, 1.82) is 0 Å². The maximum Gasteiger partial charge on any atom is 0.237 e. The number of hydrogen-bond donors (Lipinski definition) is 2. The smallest absolute Gasteiger partial charge is 0.237 e. The summed E-state index contributed by atoms with van der Waals surface area (Å²) in [4.78, 5) is 11.9. The molecule has 5 heteroatoms. The van der Waals surface area contributed by atoms with E-state index in [2.05, 4.69) is 5.32 Å². The lowest BCUT2D eigenvalue weighted by Crippen LogP contribution is -2.40. The fourth-order valence-corrected chi connectivity index (χ4v) is 2.47. The van der Waals surface area contributed by atoms with Gasteiger partial charge in [0, 0.05) is 11.6 Å². The molecule has 0 aromatic heterocycles. The second-order valence-corrected chi connectivity index (χ2v) is 5.71. The molecule has 124 valence electrons. The molecular weight excluding hydrogens is 331 g/mol. The number of amides is 1. The summed E-state index contributed by atoms with van der Waals surface area (Å²) in [5.74, 6) is -0.104. The van der Waals surface area contributed by atoms with Gasteiger partial charge in [-0.3, -0.25) is 4.79 Å². The Morgan fingerprint density at radius 3 is 2.48 bits per heavy atom. The maximum atomic E-state index is 11.9. The number of benzene rings is 2. The van der Waals surface area contributed by atoms with Crippen molar-refractivity contribution < 1.29 is 4.79 Å². The Hall–Kier alpha value is -1.55. The highest BCUT2D eigenvalue weighted by atomic mass is 35.5. The molecule has 2 rings (SSSR count). The average molecular weight is 353 g/mol. The first-order valence-corrected chi connectivity index (χ1v) is 7.86. The van der Waals surface area contributed by atoms with Gasteiger partial charge in [-0.05, 0) is 35.2 Å². The van der Waals surface area contributed by atoms with Gasteiger partial charge < -0.3 is 11.1 Å². The molecule has 0 fully saturated rings. The number of carbonyl (C=O) groups excluding carboxylic acids is 1. The van der Waals surface area contributed by atoms with Crippen molar-refractivity contribution in [3.8, 4) is 11.1 Å². The molecule has 0 heterocycles. The van der Waals surface area contributed by atoms with Crippen LogP contribution >= 0.6 is 24.0 Å². The topological polar surface area (TPSA) is 55.1 Å². The zero-order valence-electron chi connectivity index (χ0n) is 13.1. The number of carbonyl (C=O) groups is 1. The fraction of sp³-hybridized carbons (Fsp3) is 0.278. The molecule has 0 saturated carbocycles. The van der Waals surface area contributed by atoms with E-state index in [1.807, 2.05) is 55.5 Å². The Morgan fingerprint density at radius 1 is 1.17 bits per heavy atom. The van der Waals surface area contributed by atoms with Crippen LogP contribution in [0, 0.1) is 0 Å². The molecule has 3 N–H and O–H groups in total. The normalized spacial score (nSPS) is 11.4. The molecule has 2 aromatic carbocycles. The molecule has 2 aromatic rings. The molecule has 1 amide bonds. The second-order valence-electron chi connectivity index (χ2n) is 5.28. The molecule has 0 spiro atoms. The zero-order chi connectivity index (χ0) is 15.9. The van der Waals surface area contributed by atoms with Crippen molar-refractivity contribution >= 4 is 29.9 Å². The lowest BCUT2D eigenvalue weighted by molar-refractivity contribution is -0.122. The van der Waals surface area contributed by atoms with E-state index < -0.39 is 6.04 Å². The average Bonchev–Trinajstić information content (AvgIpc) is 2.54. The van der Waals surface area contributed by atoms with Gasteiger partial charge in [0.1, 0.15) is 0 Å². The summed E-state index contributed by atoms with van der Waals surface area (Å²) in [6.07, 6.45) is 1.60. The standard InChI is InChI=1S/C18H21ClN2O.ClH/c1-2-5-17(20)18(22)21-12-14-6-3-4-7-16(14)13-8-10-15(19)11-9-13;/h3-4,6-11,17H,2,5,12,20H2,1H3,(H,21,22);1H. The Labute approximate surface area is 148 Å². The van der Waals surface area contributed by atoms with E-state index in [9.17, 15) is 4.79 Å². The minimum atomic E-state index is -0.437. The van der Waals surface area contributed by atoms with Crippen LogP contribution < -0.4 is 11.1 Å². The molecule has 0 radical (unpaired) electrons. The molecule has 0 aliphatic rings. The number of nitrogens with two attached hydrogens (primary N) is 1. The van der Waals surface area contributed by atoms with Crippen LogP contribution in [0.3, 0.4) is 0 Å². The van der Waals surface area contributed by atoms with E-state index in [0.29, 0.717) is 18.0 Å². The van der Waals surface area contributed by atoms with Crippen molar-refractivity contribution in [1.82, 2.24) is 5.32 Å². The molecule has 1 atom stereocenters. The molecule has 0 bridgehead atoms. The summed E-state index contributed by atoms with van der Waals surface area (Å²) in [5, 5.41) is 3.62. The summed E-state index contributed by atoms with van der Waals surface area (Å²) in [6, 6.07) is 15.2. The summed E-state index contributed by atoms with van der Waals surface area (Å²) >= 11 is 5.94. The van der Waals surface area contributed by atoms with Crippen LogP contribution in [0.2, 0.25) is 5.02 Å². The van der Waals surface area contributed by atoms with Gasteiger partial charge in [-0.15, -0.1) is 12.4 Å². The third-order valence-electron chi connectivity index (χ3n) is 3.56. The highest BCUT2D eigenvalue weighted by Crippen LogP contribution is 2.25. The Morgan fingerprint density at radius 2 is 1.83 bits per heavy atom. The predicted octanol–water partition coefficient (Wildman–Crippen LogP) is 4.17. The van der Waals surface area contributed by atoms with Crippen molar-refractivity contribution in [3.63, 3.8) is 0 Å². The van der Waals surface area contributed by atoms with E-state index in [1.54, 1.807) is 0 Å². The number of hydrogen-bond acceptors (Lipinski definition) is 2. The quantitative estimate of drug-likeness (QED) is 0.819. The van der Waals surface area contributed by atoms with Gasteiger partial charge in [0.2, 0.25) is 5.91 Å². The molecule has 0 aliphatic carbocycles. The first kappa shape index (κ1) is 19.5. The molecule has 23 heavy (non-hydrogen) atoms. The summed E-state index contributed by atoms with van der Waals surface area (Å²) in [6.45, 7) is 2.48. The first-order chi connectivity index (χ1) is 10.6. The highest BCUT2D eigenvalue weighted by Gasteiger charge is 2.12. The molecule has 0 aliphatic heterocycles. The van der Waals surface area contributed by atoms with Gasteiger partial charge in [0.05, 0.1) is 6.04 Å². The second kappa shape index (κ2) is 9.56. The van der Waals surface area contributed by atoms with Gasteiger partial charge >= 0.3 is 0 Å². The Kier molecular flexibility index (Phi) is 8.10. The van der Waals surface area contributed by atoms with E-state index in [4.69, 9.17) is 17.3 Å². The minimum Gasteiger partial charge on any atom is -0.351 e. The van der Waals surface area contributed by atoms with E-state index in [-0.39, 0.29) is 18.3 Å². The lowest BCUT2D eigenvalue weighted by atomic mass is 9.99. The van der Waals surface area contributed by atoms with E-state index in [1.165, 1.54) is 0 Å². The van der Waals surface area contributed by atoms with Crippen molar-refractivity contribution in [2.24, 2.45) is 5.73 Å². The summed E-state index contributed by atoms with van der Waals surface area (Å²) in [7, 11) is 0. The van der Waals surface area contributed by atoms with Crippen molar-refractivity contribution in [2.45, 2.75) is 32.4 Å². The van der Waals surface area contributed by atoms with Gasteiger partial charge in [-0.25, -0.2) is 0 Å². The SMILES string of the molecule is CCCC(N)C(=O)NCc1ccccc1-c1ccc(Cl)cc1.Cl. The summed E-state index contributed by atoms with van der Waals surface area (Å²) < 4.78 is 0. The van der Waals surface area contributed by atoms with Crippen LogP contribution in [0.5, 0.6) is 0 Å². The Balaban J connectivity index is 0.00000264. The van der Waals surface area contributed by atoms with Crippen LogP contribution in [-0.2, 0) is 11.3 Å². The van der Waals surface area contributed by atoms with Gasteiger partial charge in [-0.2, -0.15) is 0 Å². The van der Waals surface area contributed by atoms with Gasteiger partial charge in [0.15, 0.2) is 0 Å². The predicted molar refractivity (Wildman–Crippen MR) is 98.9 cm³/mol. The van der Waals surface area contributed by atoms with Crippen LogP contribution in [0.25, 0.3) is 11.1 Å². The molecular formula is C18H22Cl2N2O. The van der Waals surface area contributed by atoms with Crippen LogP contribution in [0.1, 0.15) is 25.3 Å². The number of halogens is 2. The fourth-order valence-electron chi connectivity index (χ4n) is 2.34. The van der Waals surface area contributed by atoms with Gasteiger partial charge in [0.25, 0.3) is 0 Å². The molecule has 3 nitrogen and oxygen atoms in total. The van der Waals surface area contributed by atoms with Crippen LogP contribution in [0.15, 0.2) is 48.5 Å². The molecule has 0 saturated heterocycles. The minimum absolute atomic E-state index is 0. The third kappa shape index (κ3) is 5.54. The zero-order valence-corrected chi connectivity index (χ0v) is 14.7. The number of rotatable bonds is 6. The Bertz CT molecular complexity index is 629. The van der Waals surface area contributed by atoms with Crippen molar-refractivity contribution in [2.75, 3.05) is 0 Å². The van der Waals surface area contributed by atoms with Gasteiger partial charge in [-0.1, -0.05) is 61.3 Å². The third-order valence-corrected chi connectivity index (χ3v) is 3.81. The monoisotopic (exact) mass is 352 g/mol. The largest absolute Gasteiger partial charge is 0.351 e. The van der Waals surface area contributed by atoms with Crippen LogP contribution in [0.4, 0.5) is 0 Å². The van der Waals surface area contributed by atoms with Crippen LogP contribution in [-0.4, -0.2) is 11.9 Å². The lowest BCUT2D eigenvalue weighted by Gasteiger charge is -2.14.